The molecule has 0 unspecified atom stereocenters. The summed E-state index contributed by atoms with van der Waals surface area (Å²) in [6, 6.07) is 16.8. The fourth-order valence-corrected chi connectivity index (χ4v) is 3.76. The minimum atomic E-state index is -0.848. The van der Waals surface area contributed by atoms with Crippen LogP contribution in [0.25, 0.3) is 11.1 Å². The van der Waals surface area contributed by atoms with Crippen LogP contribution in [0, 0.1) is 6.92 Å². The van der Waals surface area contributed by atoms with Gasteiger partial charge in [-0.05, 0) is 54.3 Å². The first-order chi connectivity index (χ1) is 15.1. The number of aromatic nitrogens is 2. The van der Waals surface area contributed by atoms with Crippen molar-refractivity contribution in [3.05, 3.63) is 72.2 Å². The average molecular weight is 418 g/mol. The van der Waals surface area contributed by atoms with Gasteiger partial charge in [-0.2, -0.15) is 0 Å². The largest absolute Gasteiger partial charge is 0.465 e. The van der Waals surface area contributed by atoms with Gasteiger partial charge in [-0.3, -0.25) is 4.98 Å². The molecule has 2 N–H and O–H groups in total. The summed E-state index contributed by atoms with van der Waals surface area (Å²) in [6.07, 6.45) is 3.76. The lowest BCUT2D eigenvalue weighted by Crippen LogP contribution is -2.48. The van der Waals surface area contributed by atoms with Crippen LogP contribution in [-0.4, -0.2) is 58.8 Å². The van der Waals surface area contributed by atoms with E-state index in [1.54, 1.807) is 0 Å². The van der Waals surface area contributed by atoms with Crippen molar-refractivity contribution in [3.8, 4) is 11.1 Å². The maximum atomic E-state index is 11.0. The van der Waals surface area contributed by atoms with Gasteiger partial charge in [0.2, 0.25) is 0 Å². The number of nitrogens with zero attached hydrogens (tertiary/aromatic N) is 4. The minimum absolute atomic E-state index is 0.523. The number of pyridine rings is 2. The summed E-state index contributed by atoms with van der Waals surface area (Å²) in [7, 11) is 0. The molecule has 1 fully saturated rings. The molecule has 0 radical (unpaired) electrons. The molecule has 31 heavy (non-hydrogen) atoms. The van der Waals surface area contributed by atoms with Crippen LogP contribution in [0.4, 0.5) is 16.3 Å². The van der Waals surface area contributed by atoms with E-state index < -0.39 is 6.09 Å². The lowest BCUT2D eigenvalue weighted by Gasteiger charge is -2.34. The molecular weight excluding hydrogens is 390 g/mol. The molecule has 4 rings (SSSR count). The van der Waals surface area contributed by atoms with Crippen LogP contribution in [-0.2, 0) is 6.42 Å². The van der Waals surface area contributed by atoms with E-state index in [0.29, 0.717) is 26.2 Å². The predicted octanol–water partition coefficient (Wildman–Crippen LogP) is 3.91. The van der Waals surface area contributed by atoms with E-state index in [2.05, 4.69) is 50.5 Å². The zero-order valence-corrected chi connectivity index (χ0v) is 17.7. The lowest BCUT2D eigenvalue weighted by atomic mass is 10.0. The van der Waals surface area contributed by atoms with Gasteiger partial charge >= 0.3 is 6.09 Å². The van der Waals surface area contributed by atoms with Gasteiger partial charge in [-0.15, -0.1) is 0 Å². The third kappa shape index (κ3) is 5.31. The molecule has 0 aliphatic carbocycles. The Morgan fingerprint density at radius 2 is 1.77 bits per heavy atom. The highest BCUT2D eigenvalue weighted by Gasteiger charge is 2.20. The number of nitrogens with one attached hydrogen (secondary N) is 1. The second-order valence-corrected chi connectivity index (χ2v) is 7.72. The van der Waals surface area contributed by atoms with Crippen molar-refractivity contribution < 1.29 is 9.90 Å². The average Bonchev–Trinajstić information content (AvgIpc) is 2.80. The summed E-state index contributed by atoms with van der Waals surface area (Å²) >= 11 is 0. The van der Waals surface area contributed by atoms with Crippen molar-refractivity contribution in [1.29, 1.82) is 0 Å². The van der Waals surface area contributed by atoms with Crippen molar-refractivity contribution in [2.75, 3.05) is 42.9 Å². The molecule has 160 valence electrons. The Labute approximate surface area is 182 Å². The molecule has 7 nitrogen and oxygen atoms in total. The van der Waals surface area contributed by atoms with Gasteiger partial charge in [-0.25, -0.2) is 9.78 Å². The molecule has 1 amide bonds. The minimum Gasteiger partial charge on any atom is -0.465 e. The number of hydrogen-bond acceptors (Lipinski definition) is 5. The van der Waals surface area contributed by atoms with Crippen LogP contribution in [0.15, 0.2) is 60.9 Å². The van der Waals surface area contributed by atoms with Gasteiger partial charge in [0.1, 0.15) is 5.82 Å². The second kappa shape index (κ2) is 9.47. The van der Waals surface area contributed by atoms with Crippen molar-refractivity contribution in [3.63, 3.8) is 0 Å². The molecule has 1 aliphatic rings. The van der Waals surface area contributed by atoms with Crippen LogP contribution in [0.3, 0.4) is 0 Å². The second-order valence-electron chi connectivity index (χ2n) is 7.72. The number of hydrogen-bond donors (Lipinski definition) is 2. The summed E-state index contributed by atoms with van der Waals surface area (Å²) < 4.78 is 0. The molecule has 3 heterocycles. The summed E-state index contributed by atoms with van der Waals surface area (Å²) in [5.41, 5.74) is 5.70. The third-order valence-corrected chi connectivity index (χ3v) is 5.57. The van der Waals surface area contributed by atoms with E-state index in [-0.39, 0.29) is 0 Å². The van der Waals surface area contributed by atoms with E-state index in [0.717, 1.165) is 30.2 Å². The van der Waals surface area contributed by atoms with Crippen LogP contribution >= 0.6 is 0 Å². The van der Waals surface area contributed by atoms with Crippen molar-refractivity contribution in [2.24, 2.45) is 0 Å². The highest BCUT2D eigenvalue weighted by atomic mass is 16.4. The Kier molecular flexibility index (Phi) is 6.31. The summed E-state index contributed by atoms with van der Waals surface area (Å²) in [5, 5.41) is 12.4. The first-order valence-corrected chi connectivity index (χ1v) is 10.5. The van der Waals surface area contributed by atoms with Crippen LogP contribution in [0.5, 0.6) is 0 Å². The first-order valence-electron chi connectivity index (χ1n) is 10.5. The number of carbonyl (C=O) groups is 1. The zero-order valence-electron chi connectivity index (χ0n) is 17.7. The number of rotatable bonds is 6. The van der Waals surface area contributed by atoms with Gasteiger partial charge in [0.15, 0.2) is 0 Å². The number of piperazine rings is 1. The summed E-state index contributed by atoms with van der Waals surface area (Å²) in [5.74, 6) is 0.844. The molecular formula is C24H27N5O2. The van der Waals surface area contributed by atoms with Gasteiger partial charge in [0.25, 0.3) is 0 Å². The lowest BCUT2D eigenvalue weighted by molar-refractivity contribution is 0.142. The number of amides is 1. The van der Waals surface area contributed by atoms with Gasteiger partial charge < -0.3 is 20.2 Å². The molecule has 0 spiro atoms. The van der Waals surface area contributed by atoms with E-state index in [9.17, 15) is 4.79 Å². The molecule has 0 bridgehead atoms. The number of aryl methyl sites for hydroxylation is 1. The Hall–Kier alpha value is -3.61. The topological polar surface area (TPSA) is 81.6 Å². The molecule has 1 aliphatic heterocycles. The predicted molar refractivity (Wildman–Crippen MR) is 123 cm³/mol. The summed E-state index contributed by atoms with van der Waals surface area (Å²) in [6.45, 7) is 5.23. The fraction of sp³-hybridized carbons (Fsp3) is 0.292. The van der Waals surface area contributed by atoms with Crippen molar-refractivity contribution >= 4 is 17.6 Å². The Morgan fingerprint density at radius 1 is 1.00 bits per heavy atom. The molecule has 1 aromatic carbocycles. The monoisotopic (exact) mass is 417 g/mol. The normalized spacial score (nSPS) is 13.8. The fourth-order valence-electron chi connectivity index (χ4n) is 3.76. The SMILES string of the molecule is Cc1cc(-c2ccc(CCNc3ccc(N4CCN(C(=O)O)CC4)cn3)cc2)ccn1. The highest BCUT2D eigenvalue weighted by molar-refractivity contribution is 5.65. The maximum Gasteiger partial charge on any atom is 0.407 e. The van der Waals surface area contributed by atoms with Crippen molar-refractivity contribution in [1.82, 2.24) is 14.9 Å². The van der Waals surface area contributed by atoms with Crippen LogP contribution < -0.4 is 10.2 Å². The Morgan fingerprint density at radius 3 is 2.42 bits per heavy atom. The third-order valence-electron chi connectivity index (χ3n) is 5.57. The Balaban J connectivity index is 1.26. The molecule has 0 saturated carbocycles. The quantitative estimate of drug-likeness (QED) is 0.633. The summed E-state index contributed by atoms with van der Waals surface area (Å²) in [4.78, 5) is 23.4. The van der Waals surface area contributed by atoms with E-state index in [1.165, 1.54) is 21.6 Å². The first kappa shape index (κ1) is 20.7. The highest BCUT2D eigenvalue weighted by Crippen LogP contribution is 2.20. The Bertz CT molecular complexity index is 1010. The zero-order chi connectivity index (χ0) is 21.6. The number of benzene rings is 1. The van der Waals surface area contributed by atoms with E-state index in [1.807, 2.05) is 37.5 Å². The van der Waals surface area contributed by atoms with E-state index >= 15 is 0 Å². The molecule has 7 heteroatoms. The molecule has 3 aromatic rings. The van der Waals surface area contributed by atoms with E-state index in [4.69, 9.17) is 5.11 Å². The molecule has 2 aromatic heterocycles. The van der Waals surface area contributed by atoms with Gasteiger partial charge in [0.05, 0.1) is 11.9 Å². The molecule has 1 saturated heterocycles. The maximum absolute atomic E-state index is 11.0. The van der Waals surface area contributed by atoms with Crippen LogP contribution in [0.2, 0.25) is 0 Å². The number of anilines is 2. The number of carboxylic acid groups (broad SMARTS) is 1. The smallest absolute Gasteiger partial charge is 0.407 e. The van der Waals surface area contributed by atoms with Gasteiger partial charge in [-0.1, -0.05) is 24.3 Å². The van der Waals surface area contributed by atoms with Crippen LogP contribution in [0.1, 0.15) is 11.3 Å². The standard InChI is InChI=1S/C24H27N5O2/c1-18-16-21(9-11-25-18)20-4-2-19(3-5-20)8-10-26-23-7-6-22(17-27-23)28-12-14-29(15-13-28)24(30)31/h2-7,9,11,16-17H,8,10,12-15H2,1H3,(H,26,27)(H,30,31). The van der Waals surface area contributed by atoms with Crippen molar-refractivity contribution in [2.45, 2.75) is 13.3 Å². The van der Waals surface area contributed by atoms with Gasteiger partial charge in [0, 0.05) is 44.6 Å². The molecule has 0 atom stereocenters.